The van der Waals surface area contributed by atoms with Crippen molar-refractivity contribution in [1.82, 2.24) is 4.98 Å². The van der Waals surface area contributed by atoms with Crippen molar-refractivity contribution in [3.05, 3.63) is 42.5 Å². The van der Waals surface area contributed by atoms with Crippen molar-refractivity contribution in [3.8, 4) is 0 Å². The highest BCUT2D eigenvalue weighted by atomic mass is 32.2. The lowest BCUT2D eigenvalue weighted by molar-refractivity contribution is 0.661. The second-order valence-corrected chi connectivity index (χ2v) is 9.63. The molecule has 0 spiro atoms. The molecule has 0 aliphatic carbocycles. The summed E-state index contributed by atoms with van der Waals surface area (Å²) in [6.07, 6.45) is 4.30. The number of H-pyrrole nitrogens is 1. The molecule has 0 atom stereocenters. The predicted molar refractivity (Wildman–Crippen MR) is 103 cm³/mol. The molecule has 0 saturated carbocycles. The number of para-hydroxylation sites is 1. The molecule has 2 nitrogen and oxygen atoms in total. The highest BCUT2D eigenvalue weighted by Gasteiger charge is 2.18. The van der Waals surface area contributed by atoms with Crippen LogP contribution in [0.4, 0.5) is 0 Å². The monoisotopic (exact) mass is 329 g/mol. The number of unbranched alkanes of at least 4 members (excludes halogenated alkanes) is 2. The number of hydrogen-bond donors (Lipinski definition) is 2. The maximum Gasteiger partial charge on any atom is 0.0465 e. The number of nitrogens with one attached hydrogen (secondary N) is 1. The molecular weight excluding hydrogens is 302 g/mol. The van der Waals surface area contributed by atoms with Crippen LogP contribution in [0.3, 0.4) is 0 Å². The fraction of sp³-hybridized carbons (Fsp3) is 0.400. The molecule has 0 saturated heterocycles. The van der Waals surface area contributed by atoms with Crippen LogP contribution in [0.5, 0.6) is 0 Å². The Kier molecular flexibility index (Phi) is 4.86. The van der Waals surface area contributed by atoms with Crippen LogP contribution in [0.25, 0.3) is 21.8 Å². The fourth-order valence-electron chi connectivity index (χ4n) is 3.29. The number of hydrogen-bond acceptors (Lipinski definition) is 1. The van der Waals surface area contributed by atoms with Gasteiger partial charge in [-0.15, -0.1) is 0 Å². The van der Waals surface area contributed by atoms with Gasteiger partial charge in [-0.3, -0.25) is 4.21 Å². The zero-order valence-electron chi connectivity index (χ0n) is 14.1. The van der Waals surface area contributed by atoms with Gasteiger partial charge in [0.25, 0.3) is 0 Å². The first-order valence-electron chi connectivity index (χ1n) is 8.77. The molecule has 1 N–H and O–H groups in total. The highest BCUT2D eigenvalue weighted by Crippen LogP contribution is 2.30. The van der Waals surface area contributed by atoms with Crippen LogP contribution in [-0.4, -0.2) is 20.7 Å². The van der Waals surface area contributed by atoms with E-state index >= 15 is 0 Å². The van der Waals surface area contributed by atoms with Gasteiger partial charge >= 0.3 is 0 Å². The zero-order chi connectivity index (χ0) is 16.3. The summed E-state index contributed by atoms with van der Waals surface area (Å²) in [7, 11) is -2.28. The topological polar surface area (TPSA) is 32.9 Å². The van der Waals surface area contributed by atoms with Crippen molar-refractivity contribution < 1.29 is 4.21 Å². The Bertz CT molecular complexity index is 837. The SMILES string of the molecule is CCCC[SH](=O)(CCCC)c1ccc2[nH]c3ccccc3c2c1. The maximum atomic E-state index is 13.6. The molecule has 0 radical (unpaired) electrons. The fourth-order valence-corrected chi connectivity index (χ4v) is 6.39. The van der Waals surface area contributed by atoms with Gasteiger partial charge in [0.1, 0.15) is 0 Å². The Hall–Kier alpha value is -1.61. The minimum atomic E-state index is -2.28. The first kappa shape index (κ1) is 16.3. The second kappa shape index (κ2) is 6.88. The summed E-state index contributed by atoms with van der Waals surface area (Å²) in [6, 6.07) is 14.7. The largest absolute Gasteiger partial charge is 0.355 e. The van der Waals surface area contributed by atoms with E-state index in [0.29, 0.717) is 0 Å². The van der Waals surface area contributed by atoms with Crippen molar-refractivity contribution in [2.75, 3.05) is 11.5 Å². The summed E-state index contributed by atoms with van der Waals surface area (Å²) in [5.74, 6) is 1.69. The first-order valence-corrected chi connectivity index (χ1v) is 10.8. The summed E-state index contributed by atoms with van der Waals surface area (Å²) in [5, 5.41) is 2.42. The Balaban J connectivity index is 2.08. The lowest BCUT2D eigenvalue weighted by Crippen LogP contribution is -2.21. The standard InChI is InChI=1S/C20H27NOS/c1-3-5-13-23(22,14-6-4-2)16-11-12-20-18(15-16)17-9-7-8-10-19(17)21-20/h7-12,15,21,23H,3-6,13-14H2,1-2H3. The molecule has 3 rings (SSSR count). The van der Waals surface area contributed by atoms with E-state index < -0.39 is 9.93 Å². The lowest BCUT2D eigenvalue weighted by atomic mass is 10.1. The van der Waals surface area contributed by atoms with Gasteiger partial charge in [0.15, 0.2) is 0 Å². The van der Waals surface area contributed by atoms with Crippen LogP contribution < -0.4 is 0 Å². The molecule has 3 heteroatoms. The molecule has 0 aliphatic heterocycles. The summed E-state index contributed by atoms with van der Waals surface area (Å²) < 4.78 is 13.6. The molecule has 124 valence electrons. The molecule has 23 heavy (non-hydrogen) atoms. The molecule has 0 amide bonds. The van der Waals surface area contributed by atoms with Crippen LogP contribution in [0, 0.1) is 0 Å². The second-order valence-electron chi connectivity index (χ2n) is 6.44. The van der Waals surface area contributed by atoms with E-state index in [1.54, 1.807) is 0 Å². The molecule has 1 aromatic heterocycles. The number of aromatic nitrogens is 1. The number of rotatable bonds is 7. The first-order chi connectivity index (χ1) is 11.2. The molecular formula is C20H27NOS. The van der Waals surface area contributed by atoms with Gasteiger partial charge in [-0.25, -0.2) is 0 Å². The summed E-state index contributed by atoms with van der Waals surface area (Å²) in [4.78, 5) is 4.52. The molecule has 0 unspecified atom stereocenters. The van der Waals surface area contributed by atoms with E-state index in [4.69, 9.17) is 0 Å². The Labute approximate surface area is 139 Å². The van der Waals surface area contributed by atoms with E-state index in [2.05, 4.69) is 55.2 Å². The summed E-state index contributed by atoms with van der Waals surface area (Å²) in [5.41, 5.74) is 2.28. The van der Waals surface area contributed by atoms with Crippen molar-refractivity contribution >= 4 is 31.7 Å². The van der Waals surface area contributed by atoms with Gasteiger partial charge in [0.2, 0.25) is 0 Å². The van der Waals surface area contributed by atoms with Gasteiger partial charge in [-0.1, -0.05) is 54.8 Å². The van der Waals surface area contributed by atoms with E-state index in [1.807, 2.05) is 6.07 Å². The average Bonchev–Trinajstić information content (AvgIpc) is 2.96. The molecule has 3 aromatic rings. The molecule has 0 fully saturated rings. The van der Waals surface area contributed by atoms with Gasteiger partial charge in [-0.05, 0) is 37.1 Å². The van der Waals surface area contributed by atoms with Crippen LogP contribution in [0.2, 0.25) is 0 Å². The lowest BCUT2D eigenvalue weighted by Gasteiger charge is -2.24. The predicted octanol–water partition coefficient (Wildman–Crippen LogP) is 5.30. The quantitative estimate of drug-likeness (QED) is 0.567. The average molecular weight is 330 g/mol. The Morgan fingerprint density at radius 1 is 0.870 bits per heavy atom. The normalized spacial score (nSPS) is 13.0. The van der Waals surface area contributed by atoms with Crippen molar-refractivity contribution in [2.24, 2.45) is 0 Å². The minimum absolute atomic E-state index is 0.845. The van der Waals surface area contributed by atoms with Crippen LogP contribution in [-0.2, 0) is 9.93 Å². The Morgan fingerprint density at radius 3 is 2.22 bits per heavy atom. The van der Waals surface area contributed by atoms with Gasteiger partial charge in [0, 0.05) is 38.2 Å². The zero-order valence-corrected chi connectivity index (χ0v) is 15.0. The third-order valence-corrected chi connectivity index (χ3v) is 8.00. The third kappa shape index (κ3) is 3.20. The van der Waals surface area contributed by atoms with Crippen LogP contribution in [0.15, 0.2) is 47.4 Å². The molecule has 0 bridgehead atoms. The Morgan fingerprint density at radius 2 is 1.52 bits per heavy atom. The number of fused-ring (bicyclic) bond motifs is 3. The number of aromatic amines is 1. The minimum Gasteiger partial charge on any atom is -0.355 e. The maximum absolute atomic E-state index is 13.6. The van der Waals surface area contributed by atoms with Crippen LogP contribution in [0.1, 0.15) is 39.5 Å². The third-order valence-electron chi connectivity index (χ3n) is 4.71. The molecule has 2 aromatic carbocycles. The van der Waals surface area contributed by atoms with Crippen molar-refractivity contribution in [1.29, 1.82) is 0 Å². The van der Waals surface area contributed by atoms with Gasteiger partial charge in [0.05, 0.1) is 0 Å². The van der Waals surface area contributed by atoms with E-state index in [-0.39, 0.29) is 0 Å². The number of thiol groups is 1. The van der Waals surface area contributed by atoms with E-state index in [0.717, 1.165) is 53.1 Å². The highest BCUT2D eigenvalue weighted by molar-refractivity contribution is 8.03. The van der Waals surface area contributed by atoms with Crippen molar-refractivity contribution in [3.63, 3.8) is 0 Å². The van der Waals surface area contributed by atoms with E-state index in [1.165, 1.54) is 10.8 Å². The van der Waals surface area contributed by atoms with E-state index in [9.17, 15) is 4.21 Å². The van der Waals surface area contributed by atoms with Crippen molar-refractivity contribution in [2.45, 2.75) is 44.4 Å². The van der Waals surface area contributed by atoms with Gasteiger partial charge < -0.3 is 4.98 Å². The molecule has 1 heterocycles. The number of benzene rings is 2. The summed E-state index contributed by atoms with van der Waals surface area (Å²) >= 11 is 0. The smallest absolute Gasteiger partial charge is 0.0465 e. The van der Waals surface area contributed by atoms with Gasteiger partial charge in [-0.2, -0.15) is 0 Å². The van der Waals surface area contributed by atoms with Crippen LogP contribution >= 0.6 is 0 Å². The molecule has 0 aliphatic rings. The summed E-state index contributed by atoms with van der Waals surface area (Å²) in [6.45, 7) is 4.35.